The molecule has 0 amide bonds. The fourth-order valence-corrected chi connectivity index (χ4v) is 2.81. The van der Waals surface area contributed by atoms with Crippen molar-refractivity contribution in [3.63, 3.8) is 0 Å². The predicted molar refractivity (Wildman–Crippen MR) is 116 cm³/mol. The number of halogens is 1. The van der Waals surface area contributed by atoms with Crippen LogP contribution in [0.15, 0.2) is 0 Å². The summed E-state index contributed by atoms with van der Waals surface area (Å²) in [6.45, 7) is 22.0. The van der Waals surface area contributed by atoms with Crippen LogP contribution in [-0.2, 0) is 29.3 Å². The van der Waals surface area contributed by atoms with Gasteiger partial charge in [-0.05, 0) is 59.2 Å². The van der Waals surface area contributed by atoms with Crippen LogP contribution in [0.5, 0.6) is 0 Å². The van der Waals surface area contributed by atoms with Crippen LogP contribution in [0.4, 0.5) is 0 Å². The molecule has 10 radical (unpaired) electrons. The Kier molecular flexibility index (Phi) is 16.2. The summed E-state index contributed by atoms with van der Waals surface area (Å²) in [5.41, 5.74) is 0. The van der Waals surface area contributed by atoms with Gasteiger partial charge in [-0.25, -0.2) is 0 Å². The molecule has 24 heavy (non-hydrogen) atoms. The Balaban J connectivity index is 0. The standard InChI is InChI=1S/2C10H15.CH4S.HI.Ti/c2*1-6-7(2)9(4)10(5)8(6)3;1-2;;/h2*1-5H3;2H,1H3;1H;/q;;;;+2/p-2. The van der Waals surface area contributed by atoms with E-state index in [1.165, 1.54) is 59.2 Å². The van der Waals surface area contributed by atoms with Crippen molar-refractivity contribution in [1.29, 1.82) is 0 Å². The molecular weight excluding hydrogens is 459 g/mol. The molecule has 2 saturated carbocycles. The SMILES string of the molecule is C[C]1[C](C)[C](C)[C](C)[C]1C.C[C]1[C](C)[C](C)[C](C)[C]1C.C[S-].[Ti+][I]. The van der Waals surface area contributed by atoms with Gasteiger partial charge < -0.3 is 12.6 Å². The molecule has 2 fully saturated rings. The third-order valence-corrected chi connectivity index (χ3v) is 5.62. The Hall–Kier alpha value is 1.79. The molecule has 0 aromatic heterocycles. The molecule has 3 heteroatoms. The van der Waals surface area contributed by atoms with E-state index in [1.54, 1.807) is 6.26 Å². The molecule has 0 aromatic rings. The van der Waals surface area contributed by atoms with E-state index in [0.29, 0.717) is 0 Å². The summed E-state index contributed by atoms with van der Waals surface area (Å²) in [7, 11) is 0. The Labute approximate surface area is 182 Å². The number of rotatable bonds is 0. The first-order valence-corrected chi connectivity index (χ1v) is 14.0. The summed E-state index contributed by atoms with van der Waals surface area (Å²) >= 11 is 8.20. The molecule has 0 aliphatic heterocycles. The Morgan fingerprint density at radius 2 is 0.417 bits per heavy atom. The van der Waals surface area contributed by atoms with Gasteiger partial charge in [0.05, 0.1) is 0 Å². The van der Waals surface area contributed by atoms with E-state index in [4.69, 9.17) is 0 Å². The summed E-state index contributed by atoms with van der Waals surface area (Å²) < 4.78 is 0. The van der Waals surface area contributed by atoms with Gasteiger partial charge in [0, 0.05) is 0 Å². The van der Waals surface area contributed by atoms with Crippen molar-refractivity contribution >= 4 is 31.8 Å². The van der Waals surface area contributed by atoms with Crippen molar-refractivity contribution in [3.05, 3.63) is 59.2 Å². The molecule has 0 unspecified atom stereocenters. The van der Waals surface area contributed by atoms with Crippen LogP contribution in [0, 0.1) is 59.2 Å². The van der Waals surface area contributed by atoms with E-state index in [1.807, 2.05) is 16.7 Å². The second-order valence-corrected chi connectivity index (χ2v) is 6.25. The molecule has 2 aliphatic rings. The molecule has 134 valence electrons. The van der Waals surface area contributed by atoms with Gasteiger partial charge in [0.25, 0.3) is 0 Å². The van der Waals surface area contributed by atoms with Crippen molar-refractivity contribution < 1.29 is 16.7 Å². The predicted octanol–water partition coefficient (Wildman–Crippen LogP) is 6.99. The summed E-state index contributed by atoms with van der Waals surface area (Å²) in [4.78, 5) is 0. The zero-order chi connectivity index (χ0) is 19.8. The number of hydrogen-bond acceptors (Lipinski definition) is 1. The normalized spacial score (nSPS) is 24.2. The number of hydrogen-bond donors (Lipinski definition) is 0. The summed E-state index contributed by atoms with van der Waals surface area (Å²) in [5.74, 6) is 14.7. The molecule has 0 saturated heterocycles. The molecular formula is C21H33ISTi. The van der Waals surface area contributed by atoms with Gasteiger partial charge in [-0.2, -0.15) is 6.26 Å². The molecule has 0 N–H and O–H groups in total. The van der Waals surface area contributed by atoms with Crippen molar-refractivity contribution in [3.8, 4) is 0 Å². The zero-order valence-corrected chi connectivity index (χ0v) is 21.8. The van der Waals surface area contributed by atoms with Crippen LogP contribution < -0.4 is 0 Å². The maximum absolute atomic E-state index is 4.08. The van der Waals surface area contributed by atoms with Crippen molar-refractivity contribution in [2.24, 2.45) is 0 Å². The minimum absolute atomic E-state index is 1.47. The maximum atomic E-state index is 4.08. The molecule has 0 bridgehead atoms. The van der Waals surface area contributed by atoms with E-state index in [2.05, 4.69) is 101 Å². The molecule has 2 rings (SSSR count). The first-order valence-electron chi connectivity index (χ1n) is 8.10. The fourth-order valence-electron chi connectivity index (χ4n) is 2.81. The van der Waals surface area contributed by atoms with Crippen LogP contribution in [0.1, 0.15) is 69.2 Å². The summed E-state index contributed by atoms with van der Waals surface area (Å²) in [5, 5.41) is 0. The van der Waals surface area contributed by atoms with Crippen molar-refractivity contribution in [2.45, 2.75) is 69.2 Å². The quantitative estimate of drug-likeness (QED) is 0.200. The first kappa shape index (κ1) is 28.0. The second kappa shape index (κ2) is 13.9. The van der Waals surface area contributed by atoms with Crippen molar-refractivity contribution in [1.82, 2.24) is 0 Å². The summed E-state index contributed by atoms with van der Waals surface area (Å²) in [6, 6.07) is 0. The fraction of sp³-hybridized carbons (Fsp3) is 0.524. The molecule has 0 heterocycles. The van der Waals surface area contributed by atoms with Gasteiger partial charge in [0.2, 0.25) is 0 Å². The molecule has 0 nitrogen and oxygen atoms in total. The van der Waals surface area contributed by atoms with E-state index in [0.717, 1.165) is 0 Å². The van der Waals surface area contributed by atoms with Gasteiger partial charge in [-0.3, -0.25) is 0 Å². The third kappa shape index (κ3) is 7.08. The molecule has 2 aliphatic carbocycles. The molecule has 0 aromatic carbocycles. The average molecular weight is 492 g/mol. The van der Waals surface area contributed by atoms with E-state index in [9.17, 15) is 0 Å². The second-order valence-electron chi connectivity index (χ2n) is 6.25. The Morgan fingerprint density at radius 1 is 0.375 bits per heavy atom. The molecule has 0 atom stereocenters. The van der Waals surface area contributed by atoms with E-state index >= 15 is 0 Å². The molecule has 0 spiro atoms. The van der Waals surface area contributed by atoms with Crippen LogP contribution in [0.25, 0.3) is 0 Å². The van der Waals surface area contributed by atoms with Crippen molar-refractivity contribution in [2.75, 3.05) is 6.26 Å². The van der Waals surface area contributed by atoms with Gasteiger partial charge in [-0.1, -0.05) is 69.2 Å². The third-order valence-electron chi connectivity index (χ3n) is 5.62. The van der Waals surface area contributed by atoms with Gasteiger partial charge in [-0.15, -0.1) is 0 Å². The Morgan fingerprint density at radius 3 is 0.458 bits per heavy atom. The topological polar surface area (TPSA) is 0 Å². The van der Waals surface area contributed by atoms with E-state index < -0.39 is 0 Å². The van der Waals surface area contributed by atoms with Gasteiger partial charge in [0.15, 0.2) is 0 Å². The monoisotopic (exact) mass is 492 g/mol. The average Bonchev–Trinajstić information content (AvgIpc) is 2.89. The Bertz CT molecular complexity index is 193. The van der Waals surface area contributed by atoms with Gasteiger partial charge in [0.1, 0.15) is 0 Å². The van der Waals surface area contributed by atoms with Crippen LogP contribution in [-0.4, -0.2) is 6.26 Å². The van der Waals surface area contributed by atoms with Crippen LogP contribution >= 0.6 is 19.2 Å². The van der Waals surface area contributed by atoms with Crippen LogP contribution in [0.2, 0.25) is 0 Å². The summed E-state index contributed by atoms with van der Waals surface area (Å²) in [6.07, 6.45) is 1.58. The van der Waals surface area contributed by atoms with Gasteiger partial charge >= 0.3 is 35.9 Å². The van der Waals surface area contributed by atoms with Crippen LogP contribution in [0.3, 0.4) is 0 Å². The minimum atomic E-state index is 1.47. The zero-order valence-electron chi connectivity index (χ0n) is 17.3. The van der Waals surface area contributed by atoms with E-state index in [-0.39, 0.29) is 0 Å². The first-order chi connectivity index (χ1) is 11.1.